The van der Waals surface area contributed by atoms with E-state index in [-0.39, 0.29) is 23.2 Å². The van der Waals surface area contributed by atoms with Crippen molar-refractivity contribution in [1.82, 2.24) is 10.2 Å². The number of nitrogens with one attached hydrogen (secondary N) is 1. The molecule has 128 valence electrons. The van der Waals surface area contributed by atoms with Crippen LogP contribution in [0.15, 0.2) is 52.9 Å². The van der Waals surface area contributed by atoms with Crippen LogP contribution in [0.1, 0.15) is 10.4 Å². The predicted molar refractivity (Wildman–Crippen MR) is 85.8 cm³/mol. The molecule has 3 aromatic rings. The number of alkyl halides is 2. The van der Waals surface area contributed by atoms with Gasteiger partial charge in [0.05, 0.1) is 0 Å². The third-order valence-corrected chi connectivity index (χ3v) is 3.33. The van der Waals surface area contributed by atoms with Gasteiger partial charge in [0.15, 0.2) is 0 Å². The van der Waals surface area contributed by atoms with Crippen molar-refractivity contribution >= 4 is 23.5 Å². The first kappa shape index (κ1) is 16.8. The molecule has 25 heavy (non-hydrogen) atoms. The van der Waals surface area contributed by atoms with Gasteiger partial charge < -0.3 is 9.15 Å². The molecule has 0 aliphatic heterocycles. The zero-order valence-electron chi connectivity index (χ0n) is 12.4. The van der Waals surface area contributed by atoms with Gasteiger partial charge in [-0.25, -0.2) is 0 Å². The molecule has 0 spiro atoms. The average molecular weight is 366 g/mol. The van der Waals surface area contributed by atoms with Crippen LogP contribution in [0.4, 0.5) is 14.8 Å². The number of halogens is 3. The largest absolute Gasteiger partial charge is 0.435 e. The smallest absolute Gasteiger partial charge is 0.387 e. The van der Waals surface area contributed by atoms with E-state index in [1.807, 2.05) is 0 Å². The summed E-state index contributed by atoms with van der Waals surface area (Å²) >= 11 is 5.81. The number of carbonyl (C=O) groups excluding carboxylic acids is 1. The molecule has 0 aliphatic carbocycles. The highest BCUT2D eigenvalue weighted by molar-refractivity contribution is 6.30. The molecule has 0 unspecified atom stereocenters. The molecule has 1 heterocycles. The highest BCUT2D eigenvalue weighted by Gasteiger charge is 2.13. The summed E-state index contributed by atoms with van der Waals surface area (Å²) in [5.41, 5.74) is 0.860. The Labute approximate surface area is 145 Å². The van der Waals surface area contributed by atoms with Gasteiger partial charge in [0.1, 0.15) is 5.75 Å². The summed E-state index contributed by atoms with van der Waals surface area (Å²) in [7, 11) is 0. The Morgan fingerprint density at radius 3 is 2.40 bits per heavy atom. The minimum absolute atomic E-state index is 0.0469. The Morgan fingerprint density at radius 2 is 1.76 bits per heavy atom. The third-order valence-electron chi connectivity index (χ3n) is 3.08. The van der Waals surface area contributed by atoms with Gasteiger partial charge in [-0.05, 0) is 48.5 Å². The first-order chi connectivity index (χ1) is 12.0. The van der Waals surface area contributed by atoms with Crippen LogP contribution >= 0.6 is 11.6 Å². The number of carbonyl (C=O) groups is 1. The van der Waals surface area contributed by atoms with Crippen molar-refractivity contribution < 1.29 is 22.7 Å². The van der Waals surface area contributed by atoms with Gasteiger partial charge in [0.2, 0.25) is 5.89 Å². The van der Waals surface area contributed by atoms with Crippen molar-refractivity contribution in [3.63, 3.8) is 0 Å². The van der Waals surface area contributed by atoms with Crippen molar-refractivity contribution in [1.29, 1.82) is 0 Å². The molecule has 1 amide bonds. The fourth-order valence-electron chi connectivity index (χ4n) is 1.94. The summed E-state index contributed by atoms with van der Waals surface area (Å²) in [4.78, 5) is 12.1. The third kappa shape index (κ3) is 4.30. The number of hydrogen-bond donors (Lipinski definition) is 1. The van der Waals surface area contributed by atoms with E-state index in [0.29, 0.717) is 10.6 Å². The Kier molecular flexibility index (Phi) is 4.90. The van der Waals surface area contributed by atoms with E-state index >= 15 is 0 Å². The van der Waals surface area contributed by atoms with Crippen LogP contribution in [0.2, 0.25) is 5.02 Å². The number of ether oxygens (including phenoxy) is 1. The Morgan fingerprint density at radius 1 is 1.08 bits per heavy atom. The quantitative estimate of drug-likeness (QED) is 0.731. The molecule has 0 radical (unpaired) electrons. The van der Waals surface area contributed by atoms with Crippen LogP contribution in [0, 0.1) is 0 Å². The molecule has 3 rings (SSSR count). The fourth-order valence-corrected chi connectivity index (χ4v) is 2.07. The van der Waals surface area contributed by atoms with E-state index < -0.39 is 12.5 Å². The normalized spacial score (nSPS) is 10.7. The van der Waals surface area contributed by atoms with Gasteiger partial charge in [0.25, 0.3) is 5.91 Å². The lowest BCUT2D eigenvalue weighted by molar-refractivity contribution is -0.0498. The molecule has 9 heteroatoms. The van der Waals surface area contributed by atoms with Crippen LogP contribution in [0.5, 0.6) is 5.75 Å². The first-order valence-corrected chi connectivity index (χ1v) is 7.35. The van der Waals surface area contributed by atoms with E-state index in [0.717, 1.165) is 0 Å². The second-order valence-corrected chi connectivity index (χ2v) is 5.21. The number of rotatable bonds is 5. The van der Waals surface area contributed by atoms with Crippen LogP contribution in [0.3, 0.4) is 0 Å². The number of amides is 1. The zero-order chi connectivity index (χ0) is 17.8. The molecular weight excluding hydrogens is 356 g/mol. The molecule has 2 aromatic carbocycles. The molecule has 0 atom stereocenters. The summed E-state index contributed by atoms with van der Waals surface area (Å²) in [6.07, 6.45) is 0. The molecule has 0 bridgehead atoms. The highest BCUT2D eigenvalue weighted by Crippen LogP contribution is 2.22. The number of hydrogen-bond acceptors (Lipinski definition) is 5. The average Bonchev–Trinajstić information content (AvgIpc) is 3.04. The summed E-state index contributed by atoms with van der Waals surface area (Å²) in [6.45, 7) is -2.93. The van der Waals surface area contributed by atoms with Gasteiger partial charge in [-0.1, -0.05) is 16.7 Å². The topological polar surface area (TPSA) is 77.3 Å². The van der Waals surface area contributed by atoms with E-state index in [2.05, 4.69) is 20.3 Å². The van der Waals surface area contributed by atoms with Gasteiger partial charge >= 0.3 is 12.6 Å². The SMILES string of the molecule is O=C(Nc1nnc(-c2ccc(Cl)cc2)o1)c1ccc(OC(F)F)cc1. The fraction of sp³-hybridized carbons (Fsp3) is 0.0625. The molecule has 6 nitrogen and oxygen atoms in total. The second-order valence-electron chi connectivity index (χ2n) is 4.78. The number of aromatic nitrogens is 2. The minimum Gasteiger partial charge on any atom is -0.435 e. The molecule has 0 saturated heterocycles. The predicted octanol–water partition coefficient (Wildman–Crippen LogP) is 4.24. The van der Waals surface area contributed by atoms with Crippen LogP contribution in [-0.2, 0) is 0 Å². The van der Waals surface area contributed by atoms with Crippen LogP contribution in [-0.4, -0.2) is 22.7 Å². The monoisotopic (exact) mass is 365 g/mol. The molecule has 1 aromatic heterocycles. The summed E-state index contributed by atoms with van der Waals surface area (Å²) < 4.78 is 33.8. The first-order valence-electron chi connectivity index (χ1n) is 6.97. The van der Waals surface area contributed by atoms with E-state index in [9.17, 15) is 13.6 Å². The Bertz CT molecular complexity index is 867. The Balaban J connectivity index is 1.68. The van der Waals surface area contributed by atoms with Gasteiger partial charge in [-0.3, -0.25) is 10.1 Å². The maximum absolute atomic E-state index is 12.1. The minimum atomic E-state index is -2.93. The number of nitrogens with zero attached hydrogens (tertiary/aromatic N) is 2. The van der Waals surface area contributed by atoms with Crippen molar-refractivity contribution in [3.05, 3.63) is 59.1 Å². The summed E-state index contributed by atoms with van der Waals surface area (Å²) in [5.74, 6) is -0.364. The standard InChI is InChI=1S/C16H10ClF2N3O3/c17-11-5-1-10(2-6-11)14-21-22-16(25-14)20-13(23)9-3-7-12(8-4-9)24-15(18)19/h1-8,15H,(H,20,22,23). The Hall–Kier alpha value is -3.00. The molecule has 0 fully saturated rings. The highest BCUT2D eigenvalue weighted by atomic mass is 35.5. The maximum atomic E-state index is 12.1. The van der Waals surface area contributed by atoms with E-state index in [1.165, 1.54) is 24.3 Å². The van der Waals surface area contributed by atoms with Crippen molar-refractivity contribution in [2.45, 2.75) is 6.61 Å². The summed E-state index contributed by atoms with van der Waals surface area (Å²) in [6, 6.07) is 11.8. The zero-order valence-corrected chi connectivity index (χ0v) is 13.2. The molecule has 0 saturated carbocycles. The van der Waals surface area contributed by atoms with Crippen LogP contribution < -0.4 is 10.1 Å². The lowest BCUT2D eigenvalue weighted by Crippen LogP contribution is -2.12. The molecule has 1 N–H and O–H groups in total. The lowest BCUT2D eigenvalue weighted by Gasteiger charge is -2.05. The maximum Gasteiger partial charge on any atom is 0.387 e. The number of anilines is 1. The molecule has 0 aliphatic rings. The van der Waals surface area contributed by atoms with Gasteiger partial charge in [-0.15, -0.1) is 5.10 Å². The molecular formula is C16H10ClF2N3O3. The summed E-state index contributed by atoms with van der Waals surface area (Å²) in [5, 5.41) is 10.6. The van der Waals surface area contributed by atoms with Gasteiger partial charge in [-0.2, -0.15) is 8.78 Å². The van der Waals surface area contributed by atoms with E-state index in [4.69, 9.17) is 16.0 Å². The van der Waals surface area contributed by atoms with Crippen molar-refractivity contribution in [2.24, 2.45) is 0 Å². The van der Waals surface area contributed by atoms with Crippen molar-refractivity contribution in [2.75, 3.05) is 5.32 Å². The van der Waals surface area contributed by atoms with E-state index in [1.54, 1.807) is 24.3 Å². The number of benzene rings is 2. The lowest BCUT2D eigenvalue weighted by atomic mass is 10.2. The second kappa shape index (κ2) is 7.27. The van der Waals surface area contributed by atoms with Crippen molar-refractivity contribution in [3.8, 4) is 17.2 Å². The van der Waals surface area contributed by atoms with Gasteiger partial charge in [0, 0.05) is 16.1 Å². The van der Waals surface area contributed by atoms with Crippen LogP contribution in [0.25, 0.3) is 11.5 Å².